The van der Waals surface area contributed by atoms with Crippen molar-refractivity contribution in [1.82, 2.24) is 4.90 Å². The second-order valence-electron chi connectivity index (χ2n) is 5.85. The number of hydrogen-bond acceptors (Lipinski definition) is 1. The fourth-order valence-corrected chi connectivity index (χ4v) is 1.97. The summed E-state index contributed by atoms with van der Waals surface area (Å²) in [5, 5.41) is 0. The molecule has 0 aromatic heterocycles. The van der Waals surface area contributed by atoms with E-state index in [9.17, 15) is 0 Å². The Morgan fingerprint density at radius 2 is 1.64 bits per heavy atom. The molecule has 2 heteroatoms. The smallest absolute Gasteiger partial charge is 0.124 e. The highest BCUT2D eigenvalue weighted by Gasteiger charge is 2.51. The van der Waals surface area contributed by atoms with E-state index in [1.807, 2.05) is 0 Å². The van der Waals surface area contributed by atoms with Gasteiger partial charge in [0, 0.05) is 12.1 Å². The Hall–Kier alpha value is -0.530. The molecule has 1 saturated heterocycles. The van der Waals surface area contributed by atoms with Gasteiger partial charge >= 0.3 is 0 Å². The van der Waals surface area contributed by atoms with Gasteiger partial charge in [-0.2, -0.15) is 0 Å². The zero-order chi connectivity index (χ0) is 11.1. The van der Waals surface area contributed by atoms with Gasteiger partial charge in [0.2, 0.25) is 0 Å². The SMILES string of the molecule is CC(C)N=C1[C@@H](C(C)(C)C)N1C(C)C. The van der Waals surface area contributed by atoms with E-state index >= 15 is 0 Å². The van der Waals surface area contributed by atoms with Crippen LogP contribution in [0, 0.1) is 5.41 Å². The van der Waals surface area contributed by atoms with E-state index in [2.05, 4.69) is 58.4 Å². The lowest BCUT2D eigenvalue weighted by Gasteiger charge is -2.18. The average Bonchev–Trinajstić information content (AvgIpc) is 2.58. The lowest BCUT2D eigenvalue weighted by molar-refractivity contribution is 0.300. The first-order valence-corrected chi connectivity index (χ1v) is 5.61. The van der Waals surface area contributed by atoms with E-state index in [0.717, 1.165) is 0 Å². The summed E-state index contributed by atoms with van der Waals surface area (Å²) in [6.45, 7) is 15.6. The Morgan fingerprint density at radius 1 is 1.14 bits per heavy atom. The van der Waals surface area contributed by atoms with Crippen molar-refractivity contribution >= 4 is 5.84 Å². The molecular formula is C12H24N2. The van der Waals surface area contributed by atoms with Gasteiger partial charge in [-0.1, -0.05) is 20.8 Å². The molecule has 0 radical (unpaired) electrons. The van der Waals surface area contributed by atoms with Crippen molar-refractivity contribution in [2.75, 3.05) is 0 Å². The van der Waals surface area contributed by atoms with Crippen molar-refractivity contribution in [3.05, 3.63) is 0 Å². The summed E-state index contributed by atoms with van der Waals surface area (Å²) in [6.07, 6.45) is 0. The molecule has 1 aliphatic rings. The van der Waals surface area contributed by atoms with E-state index in [4.69, 9.17) is 0 Å². The van der Waals surface area contributed by atoms with Gasteiger partial charge < -0.3 is 4.90 Å². The summed E-state index contributed by atoms with van der Waals surface area (Å²) >= 11 is 0. The van der Waals surface area contributed by atoms with Gasteiger partial charge in [-0.25, -0.2) is 0 Å². The molecule has 0 aromatic carbocycles. The largest absolute Gasteiger partial charge is 0.345 e. The molecule has 0 aliphatic carbocycles. The quantitative estimate of drug-likeness (QED) is 0.620. The van der Waals surface area contributed by atoms with Gasteiger partial charge in [0.15, 0.2) is 0 Å². The molecule has 0 bridgehead atoms. The van der Waals surface area contributed by atoms with E-state index in [1.54, 1.807) is 0 Å². The summed E-state index contributed by atoms with van der Waals surface area (Å²) < 4.78 is 0. The molecule has 1 fully saturated rings. The van der Waals surface area contributed by atoms with Crippen LogP contribution in [0.5, 0.6) is 0 Å². The maximum absolute atomic E-state index is 4.68. The number of rotatable bonds is 2. The summed E-state index contributed by atoms with van der Waals surface area (Å²) in [5.74, 6) is 1.31. The molecule has 0 N–H and O–H groups in total. The van der Waals surface area contributed by atoms with Crippen LogP contribution in [0.2, 0.25) is 0 Å². The third-order valence-electron chi connectivity index (χ3n) is 2.49. The first-order chi connectivity index (χ1) is 6.25. The molecule has 1 atom stereocenters. The second-order valence-corrected chi connectivity index (χ2v) is 5.85. The van der Waals surface area contributed by atoms with Crippen LogP contribution in [0.3, 0.4) is 0 Å². The van der Waals surface area contributed by atoms with Gasteiger partial charge in [0.25, 0.3) is 0 Å². The van der Waals surface area contributed by atoms with Crippen LogP contribution in [0.15, 0.2) is 4.99 Å². The minimum absolute atomic E-state index is 0.317. The Kier molecular flexibility index (Phi) is 2.93. The van der Waals surface area contributed by atoms with Crippen molar-refractivity contribution in [3.8, 4) is 0 Å². The normalized spacial score (nSPS) is 25.4. The molecular weight excluding hydrogens is 172 g/mol. The monoisotopic (exact) mass is 196 g/mol. The standard InChI is InChI=1S/C12H24N2/c1-8(2)13-11-10(12(5,6)7)14(11)9(3)4/h8-10H,1-7H3/t10-,14?/m0/s1. The Balaban J connectivity index is 2.79. The number of nitrogens with zero attached hydrogens (tertiary/aromatic N) is 2. The third kappa shape index (κ3) is 2.28. The summed E-state index contributed by atoms with van der Waals surface area (Å²) in [7, 11) is 0. The molecule has 2 nitrogen and oxygen atoms in total. The van der Waals surface area contributed by atoms with Crippen LogP contribution < -0.4 is 0 Å². The molecule has 0 aromatic rings. The van der Waals surface area contributed by atoms with Gasteiger partial charge in [0.05, 0.1) is 6.04 Å². The molecule has 0 saturated carbocycles. The molecule has 82 valence electrons. The minimum Gasteiger partial charge on any atom is -0.345 e. The zero-order valence-electron chi connectivity index (χ0n) is 10.6. The molecule has 1 heterocycles. The second kappa shape index (κ2) is 3.56. The predicted octanol–water partition coefficient (Wildman–Crippen LogP) is 2.93. The van der Waals surface area contributed by atoms with Crippen LogP contribution in [-0.2, 0) is 0 Å². The molecule has 0 spiro atoms. The van der Waals surface area contributed by atoms with E-state index in [1.165, 1.54) is 5.84 Å². The highest BCUT2D eigenvalue weighted by Crippen LogP contribution is 2.39. The molecule has 0 amide bonds. The van der Waals surface area contributed by atoms with Gasteiger partial charge in [-0.3, -0.25) is 4.99 Å². The lowest BCUT2D eigenvalue weighted by atomic mass is 9.91. The van der Waals surface area contributed by atoms with Crippen LogP contribution in [0.4, 0.5) is 0 Å². The summed E-state index contributed by atoms with van der Waals surface area (Å²) in [5.41, 5.74) is 0.317. The number of hydrogen-bond donors (Lipinski definition) is 0. The van der Waals surface area contributed by atoms with Gasteiger partial charge in [-0.05, 0) is 33.1 Å². The molecule has 0 unspecified atom stereocenters. The van der Waals surface area contributed by atoms with Crippen LogP contribution >= 0.6 is 0 Å². The number of amidine groups is 1. The Labute approximate surface area is 88.4 Å². The van der Waals surface area contributed by atoms with Crippen LogP contribution in [-0.4, -0.2) is 28.9 Å². The van der Waals surface area contributed by atoms with Crippen molar-refractivity contribution in [2.45, 2.75) is 66.6 Å². The van der Waals surface area contributed by atoms with Crippen molar-refractivity contribution < 1.29 is 0 Å². The summed E-state index contributed by atoms with van der Waals surface area (Å²) in [4.78, 5) is 7.11. The first-order valence-electron chi connectivity index (χ1n) is 5.61. The van der Waals surface area contributed by atoms with E-state index in [-0.39, 0.29) is 0 Å². The first kappa shape index (κ1) is 11.5. The zero-order valence-corrected chi connectivity index (χ0v) is 10.6. The van der Waals surface area contributed by atoms with Gasteiger partial charge in [0.1, 0.15) is 5.84 Å². The van der Waals surface area contributed by atoms with Gasteiger partial charge in [-0.15, -0.1) is 0 Å². The van der Waals surface area contributed by atoms with Crippen molar-refractivity contribution in [1.29, 1.82) is 0 Å². The maximum Gasteiger partial charge on any atom is 0.124 e. The van der Waals surface area contributed by atoms with Crippen molar-refractivity contribution in [2.24, 2.45) is 10.4 Å². The van der Waals surface area contributed by atoms with E-state index < -0.39 is 0 Å². The lowest BCUT2D eigenvalue weighted by Crippen LogP contribution is -2.22. The maximum atomic E-state index is 4.68. The van der Waals surface area contributed by atoms with Crippen LogP contribution in [0.25, 0.3) is 0 Å². The summed E-state index contributed by atoms with van der Waals surface area (Å²) in [6, 6.07) is 1.56. The highest BCUT2D eigenvalue weighted by atomic mass is 15.4. The topological polar surface area (TPSA) is 15.4 Å². The fraction of sp³-hybridized carbons (Fsp3) is 0.917. The van der Waals surface area contributed by atoms with E-state index in [0.29, 0.717) is 23.5 Å². The molecule has 1 rings (SSSR count). The molecule has 1 aliphatic heterocycles. The number of aliphatic imine (C=N–C) groups is 1. The fourth-order valence-electron chi connectivity index (χ4n) is 1.97. The minimum atomic E-state index is 0.317. The molecule has 14 heavy (non-hydrogen) atoms. The average molecular weight is 196 g/mol. The third-order valence-corrected chi connectivity index (χ3v) is 2.49. The highest BCUT2D eigenvalue weighted by molar-refractivity contribution is 6.02. The van der Waals surface area contributed by atoms with Crippen LogP contribution in [0.1, 0.15) is 48.5 Å². The Bertz CT molecular complexity index is 233. The van der Waals surface area contributed by atoms with Crippen molar-refractivity contribution in [3.63, 3.8) is 0 Å². The Morgan fingerprint density at radius 3 is 1.86 bits per heavy atom. The predicted molar refractivity (Wildman–Crippen MR) is 62.8 cm³/mol.